The van der Waals surface area contributed by atoms with E-state index < -0.39 is 24.7 Å². The molecule has 2 aromatic carbocycles. The van der Waals surface area contributed by atoms with Crippen LogP contribution in [0.25, 0.3) is 0 Å². The molecule has 1 fully saturated rings. The zero-order valence-corrected chi connectivity index (χ0v) is 16.4. The molecule has 5 nitrogen and oxygen atoms in total. The molecule has 0 aromatic heterocycles. The van der Waals surface area contributed by atoms with Crippen LogP contribution in [0.5, 0.6) is 0 Å². The van der Waals surface area contributed by atoms with Gasteiger partial charge >= 0.3 is 6.18 Å². The van der Waals surface area contributed by atoms with E-state index in [-0.39, 0.29) is 17.4 Å². The van der Waals surface area contributed by atoms with Crippen LogP contribution in [0.15, 0.2) is 60.7 Å². The lowest BCUT2D eigenvalue weighted by Gasteiger charge is -2.32. The smallest absolute Gasteiger partial charge is 0.342 e. The molecule has 160 valence electrons. The number of amides is 2. The van der Waals surface area contributed by atoms with Crippen LogP contribution in [0.3, 0.4) is 0 Å². The van der Waals surface area contributed by atoms with E-state index in [0.717, 1.165) is 0 Å². The molecule has 2 amide bonds. The van der Waals surface area contributed by atoms with Gasteiger partial charge in [0.25, 0.3) is 0 Å². The van der Waals surface area contributed by atoms with E-state index in [9.17, 15) is 22.8 Å². The predicted molar refractivity (Wildman–Crippen MR) is 108 cm³/mol. The summed E-state index contributed by atoms with van der Waals surface area (Å²) in [6.45, 7) is 0.269. The summed E-state index contributed by atoms with van der Waals surface area (Å²) in [4.78, 5) is 26.3. The highest BCUT2D eigenvalue weighted by atomic mass is 19.4. The first-order valence-electron chi connectivity index (χ1n) is 9.83. The Bertz CT molecular complexity index is 836. The molecule has 0 aliphatic carbocycles. The number of para-hydroxylation sites is 1. The summed E-state index contributed by atoms with van der Waals surface area (Å²) in [5.41, 5.74) is 0.776. The van der Waals surface area contributed by atoms with Crippen molar-refractivity contribution in [2.24, 2.45) is 5.92 Å². The number of nitrogens with zero attached hydrogens (tertiary/aromatic N) is 1. The zero-order chi connectivity index (χ0) is 21.6. The molecule has 1 atom stereocenters. The first-order valence-corrected chi connectivity index (χ1v) is 9.83. The van der Waals surface area contributed by atoms with Gasteiger partial charge in [0.05, 0.1) is 6.54 Å². The van der Waals surface area contributed by atoms with Crippen molar-refractivity contribution in [2.75, 3.05) is 25.0 Å². The lowest BCUT2D eigenvalue weighted by Crippen LogP contribution is -2.46. The number of carbonyl (C=O) groups excluding carboxylic acids is 2. The lowest BCUT2D eigenvalue weighted by molar-refractivity contribution is -0.159. The number of nitrogens with one attached hydrogen (secondary N) is 2. The zero-order valence-electron chi connectivity index (χ0n) is 16.4. The third-order valence-corrected chi connectivity index (χ3v) is 5.18. The summed E-state index contributed by atoms with van der Waals surface area (Å²) >= 11 is 0. The third-order valence-electron chi connectivity index (χ3n) is 5.18. The molecular formula is C22H24F3N3O2. The van der Waals surface area contributed by atoms with Crippen molar-refractivity contribution in [2.45, 2.75) is 25.1 Å². The number of piperidine rings is 1. The quantitative estimate of drug-likeness (QED) is 0.750. The highest BCUT2D eigenvalue weighted by Crippen LogP contribution is 2.32. The van der Waals surface area contributed by atoms with Gasteiger partial charge in [-0.2, -0.15) is 13.2 Å². The van der Waals surface area contributed by atoms with Gasteiger partial charge in [0, 0.05) is 24.7 Å². The number of hydrogen-bond acceptors (Lipinski definition) is 3. The van der Waals surface area contributed by atoms with Gasteiger partial charge in [-0.15, -0.1) is 0 Å². The van der Waals surface area contributed by atoms with E-state index in [4.69, 9.17) is 0 Å². The van der Waals surface area contributed by atoms with E-state index in [0.29, 0.717) is 31.6 Å². The normalized spacial score (nSPS) is 16.2. The molecule has 8 heteroatoms. The van der Waals surface area contributed by atoms with Gasteiger partial charge in [-0.3, -0.25) is 14.9 Å². The largest absolute Gasteiger partial charge is 0.407 e. The second-order valence-corrected chi connectivity index (χ2v) is 7.28. The fourth-order valence-corrected chi connectivity index (χ4v) is 3.53. The molecule has 0 bridgehead atoms. The Balaban J connectivity index is 1.49. The molecule has 2 N–H and O–H groups in total. The van der Waals surface area contributed by atoms with Crippen LogP contribution in [-0.4, -0.2) is 42.5 Å². The summed E-state index contributed by atoms with van der Waals surface area (Å²) in [7, 11) is 0. The number of benzene rings is 2. The number of alkyl halides is 3. The Morgan fingerprint density at radius 2 is 1.53 bits per heavy atom. The van der Waals surface area contributed by atoms with Crippen LogP contribution in [0.1, 0.15) is 24.4 Å². The van der Waals surface area contributed by atoms with Gasteiger partial charge in [0.1, 0.15) is 6.04 Å². The Labute approximate surface area is 173 Å². The minimum Gasteiger partial charge on any atom is -0.342 e. The van der Waals surface area contributed by atoms with E-state index in [1.807, 2.05) is 18.2 Å². The Morgan fingerprint density at radius 1 is 0.967 bits per heavy atom. The topological polar surface area (TPSA) is 61.4 Å². The molecule has 0 spiro atoms. The molecule has 2 aromatic rings. The van der Waals surface area contributed by atoms with Crippen LogP contribution in [0, 0.1) is 5.92 Å². The molecular weight excluding hydrogens is 395 g/mol. The monoisotopic (exact) mass is 419 g/mol. The van der Waals surface area contributed by atoms with Gasteiger partial charge in [-0.25, -0.2) is 0 Å². The van der Waals surface area contributed by atoms with Crippen molar-refractivity contribution >= 4 is 17.5 Å². The second-order valence-electron chi connectivity index (χ2n) is 7.28. The molecule has 1 unspecified atom stereocenters. The van der Waals surface area contributed by atoms with Crippen LogP contribution >= 0.6 is 0 Å². The SMILES string of the molecule is O=C(Nc1ccccc1)C1CCN(C(=O)CNC(c2ccccc2)C(F)(F)F)CC1. The number of rotatable bonds is 6. The number of hydrogen-bond donors (Lipinski definition) is 2. The second kappa shape index (κ2) is 9.75. The Kier molecular flexibility index (Phi) is 7.10. The first kappa shape index (κ1) is 21.8. The molecule has 1 heterocycles. The average molecular weight is 419 g/mol. The highest BCUT2D eigenvalue weighted by Gasteiger charge is 2.41. The van der Waals surface area contributed by atoms with Crippen molar-refractivity contribution in [1.82, 2.24) is 10.2 Å². The summed E-state index contributed by atoms with van der Waals surface area (Å²) < 4.78 is 40.2. The van der Waals surface area contributed by atoms with Crippen LogP contribution in [0.4, 0.5) is 18.9 Å². The fraction of sp³-hybridized carbons (Fsp3) is 0.364. The van der Waals surface area contributed by atoms with Gasteiger partial charge in [0.15, 0.2) is 0 Å². The van der Waals surface area contributed by atoms with Gasteiger partial charge in [0.2, 0.25) is 11.8 Å². The maximum absolute atomic E-state index is 13.4. The number of likely N-dealkylation sites (tertiary alicyclic amines) is 1. The maximum atomic E-state index is 13.4. The van der Waals surface area contributed by atoms with Crippen molar-refractivity contribution in [3.05, 3.63) is 66.2 Å². The third kappa shape index (κ3) is 5.82. The number of halogens is 3. The van der Waals surface area contributed by atoms with Gasteiger partial charge in [-0.1, -0.05) is 48.5 Å². The van der Waals surface area contributed by atoms with Crippen molar-refractivity contribution in [1.29, 1.82) is 0 Å². The Hall–Kier alpha value is -2.87. The summed E-state index contributed by atoms with van der Waals surface area (Å²) in [5, 5.41) is 5.20. The average Bonchev–Trinajstić information content (AvgIpc) is 2.74. The van der Waals surface area contributed by atoms with Crippen LogP contribution in [-0.2, 0) is 9.59 Å². The number of anilines is 1. The minimum atomic E-state index is -4.51. The van der Waals surface area contributed by atoms with E-state index >= 15 is 0 Å². The standard InChI is InChI=1S/C22H24F3N3O2/c23-22(24,25)20(16-7-3-1-4-8-16)26-15-19(29)28-13-11-17(12-14-28)21(30)27-18-9-5-2-6-10-18/h1-10,17,20,26H,11-15H2,(H,27,30). The molecule has 1 aliphatic heterocycles. The fourth-order valence-electron chi connectivity index (χ4n) is 3.53. The highest BCUT2D eigenvalue weighted by molar-refractivity contribution is 5.92. The van der Waals surface area contributed by atoms with Crippen molar-refractivity contribution in [3.8, 4) is 0 Å². The molecule has 0 saturated carbocycles. The molecule has 0 radical (unpaired) electrons. The van der Waals surface area contributed by atoms with E-state index in [1.54, 1.807) is 18.2 Å². The van der Waals surface area contributed by atoms with Crippen LogP contribution < -0.4 is 10.6 Å². The summed E-state index contributed by atoms with van der Waals surface area (Å²) in [5.74, 6) is -0.732. The Morgan fingerprint density at radius 3 is 2.10 bits per heavy atom. The van der Waals surface area contributed by atoms with Gasteiger partial charge in [-0.05, 0) is 30.5 Å². The maximum Gasteiger partial charge on any atom is 0.407 e. The molecule has 1 saturated heterocycles. The predicted octanol–water partition coefficient (Wildman–Crippen LogP) is 3.76. The van der Waals surface area contributed by atoms with Crippen molar-refractivity contribution in [3.63, 3.8) is 0 Å². The first-order chi connectivity index (χ1) is 14.3. The van der Waals surface area contributed by atoms with Crippen LogP contribution in [0.2, 0.25) is 0 Å². The molecule has 30 heavy (non-hydrogen) atoms. The molecule has 3 rings (SSSR count). The van der Waals surface area contributed by atoms with Crippen molar-refractivity contribution < 1.29 is 22.8 Å². The van der Waals surface area contributed by atoms with E-state index in [2.05, 4.69) is 10.6 Å². The molecule has 1 aliphatic rings. The summed E-state index contributed by atoms with van der Waals surface area (Å²) in [6, 6.07) is 14.7. The van der Waals surface area contributed by atoms with E-state index in [1.165, 1.54) is 29.2 Å². The minimum absolute atomic E-state index is 0.0640. The summed E-state index contributed by atoms with van der Waals surface area (Å²) in [6.07, 6.45) is -3.55. The lowest BCUT2D eigenvalue weighted by atomic mass is 9.95. The number of carbonyl (C=O) groups is 2. The van der Waals surface area contributed by atoms with Gasteiger partial charge < -0.3 is 10.2 Å².